The Morgan fingerprint density at radius 2 is 1.74 bits per heavy atom. The Bertz CT molecular complexity index is 383. The Balaban J connectivity index is 2.81. The molecule has 0 aliphatic carbocycles. The smallest absolute Gasteiger partial charge is 0.0405 e. The summed E-state index contributed by atoms with van der Waals surface area (Å²) in [5, 5.41) is 6.99. The van der Waals surface area contributed by atoms with E-state index in [0.29, 0.717) is 17.8 Å². The molecule has 0 spiro atoms. The molecule has 0 aliphatic rings. The molecule has 1 aromatic carbocycles. The number of benzene rings is 1. The average Bonchev–Trinajstić information content (AvgIpc) is 2.34. The highest BCUT2D eigenvalue weighted by atomic mass is 14.9. The van der Waals surface area contributed by atoms with Gasteiger partial charge in [0.15, 0.2) is 0 Å². The summed E-state index contributed by atoms with van der Waals surface area (Å²) in [6.45, 7) is 13.4. The minimum Gasteiger partial charge on any atom is -0.384 e. The Labute approximate surface area is 119 Å². The molecule has 2 N–H and O–H groups in total. The number of anilines is 1. The largest absolute Gasteiger partial charge is 0.384 e. The van der Waals surface area contributed by atoms with Crippen molar-refractivity contribution >= 4 is 5.69 Å². The van der Waals surface area contributed by atoms with Crippen LogP contribution in [0.3, 0.4) is 0 Å². The molecule has 19 heavy (non-hydrogen) atoms. The van der Waals surface area contributed by atoms with E-state index in [1.165, 1.54) is 16.8 Å². The van der Waals surface area contributed by atoms with Crippen LogP contribution in [0.5, 0.6) is 0 Å². The van der Waals surface area contributed by atoms with Crippen molar-refractivity contribution in [1.29, 1.82) is 0 Å². The molecule has 0 aromatic heterocycles. The third-order valence-electron chi connectivity index (χ3n) is 3.88. The highest BCUT2D eigenvalue weighted by Crippen LogP contribution is 2.27. The highest BCUT2D eigenvalue weighted by molar-refractivity contribution is 5.58. The molecule has 0 saturated heterocycles. The first-order valence-electron chi connectivity index (χ1n) is 7.45. The molecule has 2 heteroatoms. The van der Waals surface area contributed by atoms with E-state index in [0.717, 1.165) is 13.1 Å². The summed E-state index contributed by atoms with van der Waals surface area (Å²) in [6.07, 6.45) is 0. The SMILES string of the molecule is CNCC(CNc1c(C)cccc1C(C)C)C(C)C. The van der Waals surface area contributed by atoms with Gasteiger partial charge in [0.25, 0.3) is 0 Å². The summed E-state index contributed by atoms with van der Waals surface area (Å²) >= 11 is 0. The van der Waals surface area contributed by atoms with Crippen LogP contribution in [0.1, 0.15) is 44.7 Å². The molecule has 2 nitrogen and oxygen atoms in total. The third kappa shape index (κ3) is 4.54. The van der Waals surface area contributed by atoms with Crippen LogP contribution in [-0.2, 0) is 0 Å². The summed E-state index contributed by atoms with van der Waals surface area (Å²) in [7, 11) is 2.03. The van der Waals surface area contributed by atoms with Crippen molar-refractivity contribution in [1.82, 2.24) is 5.32 Å². The lowest BCUT2D eigenvalue weighted by Gasteiger charge is -2.24. The molecular weight excluding hydrogens is 232 g/mol. The normalized spacial score (nSPS) is 13.1. The molecule has 0 saturated carbocycles. The molecule has 1 aromatic rings. The van der Waals surface area contributed by atoms with Gasteiger partial charge in [-0.2, -0.15) is 0 Å². The molecule has 1 unspecified atom stereocenters. The monoisotopic (exact) mass is 262 g/mol. The van der Waals surface area contributed by atoms with Crippen molar-refractivity contribution < 1.29 is 0 Å². The number of nitrogens with one attached hydrogen (secondary N) is 2. The van der Waals surface area contributed by atoms with E-state index in [1.54, 1.807) is 0 Å². The maximum Gasteiger partial charge on any atom is 0.0405 e. The van der Waals surface area contributed by atoms with Gasteiger partial charge in [-0.3, -0.25) is 0 Å². The van der Waals surface area contributed by atoms with E-state index in [-0.39, 0.29) is 0 Å². The van der Waals surface area contributed by atoms with Crippen LogP contribution in [0.2, 0.25) is 0 Å². The molecule has 108 valence electrons. The first-order chi connectivity index (χ1) is 8.97. The van der Waals surface area contributed by atoms with Crippen molar-refractivity contribution in [3.8, 4) is 0 Å². The second-order valence-electron chi connectivity index (χ2n) is 6.14. The molecule has 1 atom stereocenters. The lowest BCUT2D eigenvalue weighted by molar-refractivity contribution is 0.390. The summed E-state index contributed by atoms with van der Waals surface area (Å²) in [4.78, 5) is 0. The van der Waals surface area contributed by atoms with Gasteiger partial charge >= 0.3 is 0 Å². The van der Waals surface area contributed by atoms with Gasteiger partial charge in [-0.15, -0.1) is 0 Å². The Morgan fingerprint density at radius 3 is 2.26 bits per heavy atom. The molecule has 1 rings (SSSR count). The van der Waals surface area contributed by atoms with Gasteiger partial charge in [-0.1, -0.05) is 45.9 Å². The lowest BCUT2D eigenvalue weighted by atomic mass is 9.94. The van der Waals surface area contributed by atoms with Gasteiger partial charge in [0, 0.05) is 12.2 Å². The van der Waals surface area contributed by atoms with Gasteiger partial charge in [0.05, 0.1) is 0 Å². The first-order valence-corrected chi connectivity index (χ1v) is 7.45. The van der Waals surface area contributed by atoms with Gasteiger partial charge < -0.3 is 10.6 Å². The van der Waals surface area contributed by atoms with E-state index >= 15 is 0 Å². The maximum absolute atomic E-state index is 3.69. The van der Waals surface area contributed by atoms with E-state index in [2.05, 4.69) is 63.5 Å². The van der Waals surface area contributed by atoms with Crippen LogP contribution < -0.4 is 10.6 Å². The Hall–Kier alpha value is -1.02. The zero-order valence-corrected chi connectivity index (χ0v) is 13.4. The number of hydrogen-bond acceptors (Lipinski definition) is 2. The summed E-state index contributed by atoms with van der Waals surface area (Å²) in [5.41, 5.74) is 4.10. The molecule has 0 radical (unpaired) electrons. The highest BCUT2D eigenvalue weighted by Gasteiger charge is 2.14. The van der Waals surface area contributed by atoms with Gasteiger partial charge in [0.1, 0.15) is 0 Å². The summed E-state index contributed by atoms with van der Waals surface area (Å²) in [6, 6.07) is 6.59. The number of hydrogen-bond donors (Lipinski definition) is 2. The lowest BCUT2D eigenvalue weighted by Crippen LogP contribution is -2.29. The fraction of sp³-hybridized carbons (Fsp3) is 0.647. The van der Waals surface area contributed by atoms with Crippen LogP contribution in [-0.4, -0.2) is 20.1 Å². The van der Waals surface area contributed by atoms with Crippen molar-refractivity contribution in [2.45, 2.75) is 40.5 Å². The number of rotatable bonds is 7. The zero-order chi connectivity index (χ0) is 14.4. The second-order valence-corrected chi connectivity index (χ2v) is 6.14. The Kier molecular flexibility index (Phi) is 6.36. The van der Waals surface area contributed by atoms with Crippen molar-refractivity contribution in [2.75, 3.05) is 25.5 Å². The van der Waals surface area contributed by atoms with Crippen molar-refractivity contribution in [3.63, 3.8) is 0 Å². The minimum absolute atomic E-state index is 0.559. The summed E-state index contributed by atoms with van der Waals surface area (Å²) in [5.74, 6) is 1.90. The molecular formula is C17H30N2. The molecule has 0 amide bonds. The molecule has 0 heterocycles. The van der Waals surface area contributed by atoms with Crippen LogP contribution >= 0.6 is 0 Å². The fourth-order valence-corrected chi connectivity index (χ4v) is 2.45. The van der Waals surface area contributed by atoms with Crippen LogP contribution in [0, 0.1) is 18.8 Å². The van der Waals surface area contributed by atoms with E-state index in [9.17, 15) is 0 Å². The van der Waals surface area contributed by atoms with Crippen molar-refractivity contribution in [3.05, 3.63) is 29.3 Å². The van der Waals surface area contributed by atoms with E-state index in [4.69, 9.17) is 0 Å². The zero-order valence-electron chi connectivity index (χ0n) is 13.4. The molecule has 0 bridgehead atoms. The Morgan fingerprint density at radius 1 is 1.05 bits per heavy atom. The quantitative estimate of drug-likeness (QED) is 0.775. The number of para-hydroxylation sites is 1. The van der Waals surface area contributed by atoms with Crippen LogP contribution in [0.15, 0.2) is 18.2 Å². The predicted molar refractivity (Wildman–Crippen MR) is 86.0 cm³/mol. The van der Waals surface area contributed by atoms with Crippen molar-refractivity contribution in [2.24, 2.45) is 11.8 Å². The number of aryl methyl sites for hydroxylation is 1. The average molecular weight is 262 g/mol. The standard InChI is InChI=1S/C17H30N2/c1-12(2)15(10-18-6)11-19-17-14(5)8-7-9-16(17)13(3)4/h7-9,12-13,15,18-19H,10-11H2,1-6H3. The fourth-order valence-electron chi connectivity index (χ4n) is 2.45. The maximum atomic E-state index is 3.69. The molecule has 0 aliphatic heterocycles. The molecule has 0 fully saturated rings. The predicted octanol–water partition coefficient (Wildman–Crippen LogP) is 4.02. The van der Waals surface area contributed by atoms with E-state index < -0.39 is 0 Å². The van der Waals surface area contributed by atoms with Crippen LogP contribution in [0.25, 0.3) is 0 Å². The van der Waals surface area contributed by atoms with Gasteiger partial charge in [-0.25, -0.2) is 0 Å². The topological polar surface area (TPSA) is 24.1 Å². The summed E-state index contributed by atoms with van der Waals surface area (Å²) < 4.78 is 0. The minimum atomic E-state index is 0.559. The van der Waals surface area contributed by atoms with Crippen LogP contribution in [0.4, 0.5) is 5.69 Å². The van der Waals surface area contributed by atoms with E-state index in [1.807, 2.05) is 7.05 Å². The first kappa shape index (κ1) is 16.0. The second kappa shape index (κ2) is 7.54. The van der Waals surface area contributed by atoms with Gasteiger partial charge in [-0.05, 0) is 49.4 Å². The third-order valence-corrected chi connectivity index (χ3v) is 3.88. The van der Waals surface area contributed by atoms with Gasteiger partial charge in [0.2, 0.25) is 0 Å².